The molecule has 1 heterocycles. The first kappa shape index (κ1) is 20.3. The molecule has 0 unspecified atom stereocenters. The Morgan fingerprint density at radius 1 is 1.17 bits per heavy atom. The second kappa shape index (κ2) is 10.2. The average molecular weight is 398 g/mol. The highest BCUT2D eigenvalue weighted by Crippen LogP contribution is 2.32. The Hall–Kier alpha value is -3.42. The maximum Gasteiger partial charge on any atom is 0.255 e. The number of benzene rings is 2. The van der Waals surface area contributed by atoms with E-state index in [0.717, 1.165) is 35.7 Å². The molecule has 0 atom stereocenters. The minimum atomic E-state index is -0.512. The number of rotatable bonds is 7. The van der Waals surface area contributed by atoms with Gasteiger partial charge in [-0.2, -0.15) is 0 Å². The third-order valence-corrected chi connectivity index (χ3v) is 4.05. The highest BCUT2D eigenvalue weighted by Gasteiger charge is 2.11. The highest BCUT2D eigenvalue weighted by molar-refractivity contribution is 5.93. The van der Waals surface area contributed by atoms with E-state index in [2.05, 4.69) is 15.6 Å². The highest BCUT2D eigenvalue weighted by atomic mass is 16.5. The number of nitrogens with two attached hydrogens (primary N) is 1. The number of guanidine groups is 1. The molecule has 154 valence electrons. The summed E-state index contributed by atoms with van der Waals surface area (Å²) >= 11 is 0. The predicted octanol–water partition coefficient (Wildman–Crippen LogP) is 2.29. The number of carbonyl (C=O) groups excluding carboxylic acids is 1. The number of anilines is 1. The molecule has 1 aliphatic heterocycles. The van der Waals surface area contributed by atoms with Gasteiger partial charge < -0.3 is 30.6 Å². The molecule has 2 aromatic rings. The van der Waals surface area contributed by atoms with Crippen molar-refractivity contribution in [3.63, 3.8) is 0 Å². The third kappa shape index (κ3) is 6.31. The third-order valence-electron chi connectivity index (χ3n) is 4.05. The number of ether oxygens (including phenoxy) is 3. The summed E-state index contributed by atoms with van der Waals surface area (Å²) in [5, 5.41) is 6.51. The van der Waals surface area contributed by atoms with Gasteiger partial charge in [0.25, 0.3) is 5.91 Å². The van der Waals surface area contributed by atoms with Crippen LogP contribution >= 0.6 is 0 Å². The van der Waals surface area contributed by atoms with Crippen LogP contribution in [0.5, 0.6) is 17.2 Å². The summed E-state index contributed by atoms with van der Waals surface area (Å²) in [4.78, 5) is 15.5. The lowest BCUT2D eigenvalue weighted by atomic mass is 10.2. The van der Waals surface area contributed by atoms with Crippen LogP contribution < -0.4 is 30.6 Å². The van der Waals surface area contributed by atoms with E-state index in [1.807, 2.05) is 43.3 Å². The summed E-state index contributed by atoms with van der Waals surface area (Å²) in [7, 11) is 0. The Morgan fingerprint density at radius 3 is 2.79 bits per heavy atom. The molecule has 1 amide bonds. The van der Waals surface area contributed by atoms with E-state index in [1.54, 1.807) is 6.07 Å². The summed E-state index contributed by atoms with van der Waals surface area (Å²) in [6, 6.07) is 13.1. The van der Waals surface area contributed by atoms with Gasteiger partial charge in [0.1, 0.15) is 5.75 Å². The Balaban J connectivity index is 1.68. The summed E-state index contributed by atoms with van der Waals surface area (Å²) in [6.07, 6.45) is 0.865. The van der Waals surface area contributed by atoms with Crippen molar-refractivity contribution >= 4 is 17.6 Å². The molecule has 0 saturated carbocycles. The van der Waals surface area contributed by atoms with Gasteiger partial charge in [-0.15, -0.1) is 0 Å². The molecule has 29 heavy (non-hydrogen) atoms. The van der Waals surface area contributed by atoms with Gasteiger partial charge in [-0.3, -0.25) is 4.79 Å². The first-order valence-corrected chi connectivity index (χ1v) is 9.59. The first-order chi connectivity index (χ1) is 14.1. The number of amides is 1. The van der Waals surface area contributed by atoms with Gasteiger partial charge in [-0.1, -0.05) is 12.1 Å². The topological polar surface area (TPSA) is 107 Å². The van der Waals surface area contributed by atoms with Gasteiger partial charge in [-0.25, -0.2) is 4.99 Å². The Bertz CT molecular complexity index is 870. The van der Waals surface area contributed by atoms with Crippen molar-refractivity contribution in [3.8, 4) is 17.2 Å². The first-order valence-electron chi connectivity index (χ1n) is 9.59. The van der Waals surface area contributed by atoms with Crippen LogP contribution in [-0.2, 0) is 11.3 Å². The van der Waals surface area contributed by atoms with Gasteiger partial charge in [0.05, 0.1) is 19.8 Å². The normalized spacial score (nSPS) is 13.3. The second-order valence-corrected chi connectivity index (χ2v) is 6.43. The Morgan fingerprint density at radius 2 is 2.00 bits per heavy atom. The fraction of sp³-hybridized carbons (Fsp3) is 0.333. The molecule has 0 fully saturated rings. The van der Waals surface area contributed by atoms with Crippen LogP contribution in [0.25, 0.3) is 0 Å². The quantitative estimate of drug-likeness (QED) is 0.488. The molecule has 8 heteroatoms. The van der Waals surface area contributed by atoms with Crippen LogP contribution in [0.4, 0.5) is 5.69 Å². The van der Waals surface area contributed by atoms with Crippen molar-refractivity contribution in [1.82, 2.24) is 5.32 Å². The maximum absolute atomic E-state index is 10.9. The molecule has 0 aliphatic carbocycles. The van der Waals surface area contributed by atoms with Crippen molar-refractivity contribution in [3.05, 3.63) is 48.0 Å². The van der Waals surface area contributed by atoms with E-state index in [9.17, 15) is 4.79 Å². The molecule has 1 aliphatic rings. The largest absolute Gasteiger partial charge is 0.490 e. The van der Waals surface area contributed by atoms with Gasteiger partial charge in [0, 0.05) is 24.7 Å². The maximum atomic E-state index is 10.9. The smallest absolute Gasteiger partial charge is 0.255 e. The van der Waals surface area contributed by atoms with E-state index < -0.39 is 5.91 Å². The van der Waals surface area contributed by atoms with Gasteiger partial charge in [0.2, 0.25) is 0 Å². The number of fused-ring (bicyclic) bond motifs is 1. The van der Waals surface area contributed by atoms with E-state index >= 15 is 0 Å². The molecule has 0 saturated heterocycles. The number of hydrogen-bond acceptors (Lipinski definition) is 5. The lowest BCUT2D eigenvalue weighted by molar-refractivity contribution is -0.119. The minimum Gasteiger partial charge on any atom is -0.490 e. The lowest BCUT2D eigenvalue weighted by Crippen LogP contribution is -2.30. The minimum absolute atomic E-state index is 0.152. The molecule has 0 radical (unpaired) electrons. The number of nitrogens with one attached hydrogen (secondary N) is 2. The van der Waals surface area contributed by atoms with Gasteiger partial charge in [-0.05, 0) is 36.8 Å². The average Bonchev–Trinajstić information content (AvgIpc) is 2.96. The van der Waals surface area contributed by atoms with Crippen LogP contribution in [0.1, 0.15) is 18.9 Å². The standard InChI is InChI=1S/C21H26N4O4/c1-2-23-21(24-13-15-5-3-6-17(11-15)29-14-20(22)26)25-16-7-8-18-19(12-16)28-10-4-9-27-18/h3,5-8,11-12H,2,4,9-10,13-14H2,1H3,(H2,22,26)(H2,23,24,25). The summed E-state index contributed by atoms with van der Waals surface area (Å²) in [6.45, 7) is 4.31. The van der Waals surface area contributed by atoms with Crippen molar-refractivity contribution in [2.24, 2.45) is 10.7 Å². The van der Waals surface area contributed by atoms with E-state index in [1.165, 1.54) is 0 Å². The summed E-state index contributed by atoms with van der Waals surface area (Å²) in [5.74, 6) is 2.19. The number of nitrogens with zero attached hydrogens (tertiary/aromatic N) is 1. The number of primary amides is 1. The molecule has 8 nitrogen and oxygen atoms in total. The zero-order valence-electron chi connectivity index (χ0n) is 16.4. The van der Waals surface area contributed by atoms with Crippen molar-refractivity contribution < 1.29 is 19.0 Å². The molecule has 0 spiro atoms. The number of aliphatic imine (C=N–C) groups is 1. The van der Waals surface area contributed by atoms with E-state index in [4.69, 9.17) is 19.9 Å². The zero-order chi connectivity index (χ0) is 20.5. The molecular weight excluding hydrogens is 372 g/mol. The molecule has 3 rings (SSSR count). The fourth-order valence-corrected chi connectivity index (χ4v) is 2.74. The Kier molecular flexibility index (Phi) is 7.16. The molecule has 4 N–H and O–H groups in total. The van der Waals surface area contributed by atoms with E-state index in [0.29, 0.717) is 31.5 Å². The van der Waals surface area contributed by atoms with Gasteiger partial charge in [0.15, 0.2) is 24.1 Å². The van der Waals surface area contributed by atoms with Crippen LogP contribution in [-0.4, -0.2) is 38.2 Å². The lowest BCUT2D eigenvalue weighted by Gasteiger charge is -2.14. The van der Waals surface area contributed by atoms with Crippen molar-refractivity contribution in [2.45, 2.75) is 19.9 Å². The monoisotopic (exact) mass is 398 g/mol. The van der Waals surface area contributed by atoms with Gasteiger partial charge >= 0.3 is 0 Å². The number of carbonyl (C=O) groups is 1. The summed E-state index contributed by atoms with van der Waals surface area (Å²) < 4.78 is 16.7. The zero-order valence-corrected chi connectivity index (χ0v) is 16.4. The molecule has 2 aromatic carbocycles. The van der Waals surface area contributed by atoms with Crippen molar-refractivity contribution in [1.29, 1.82) is 0 Å². The van der Waals surface area contributed by atoms with Crippen LogP contribution in [0.15, 0.2) is 47.5 Å². The second-order valence-electron chi connectivity index (χ2n) is 6.43. The molecule has 0 bridgehead atoms. The molecular formula is C21H26N4O4. The van der Waals surface area contributed by atoms with Crippen LogP contribution in [0.3, 0.4) is 0 Å². The summed E-state index contributed by atoms with van der Waals surface area (Å²) in [5.41, 5.74) is 6.92. The molecule has 0 aromatic heterocycles. The van der Waals surface area contributed by atoms with Crippen LogP contribution in [0, 0.1) is 0 Å². The van der Waals surface area contributed by atoms with Crippen LogP contribution in [0.2, 0.25) is 0 Å². The fourth-order valence-electron chi connectivity index (χ4n) is 2.74. The predicted molar refractivity (Wildman–Crippen MR) is 112 cm³/mol. The Labute approximate surface area is 170 Å². The SMILES string of the molecule is CCNC(=NCc1cccc(OCC(N)=O)c1)Nc1ccc2c(c1)OCCCO2. The van der Waals surface area contributed by atoms with Crippen molar-refractivity contribution in [2.75, 3.05) is 31.7 Å². The van der Waals surface area contributed by atoms with E-state index in [-0.39, 0.29) is 6.61 Å². The number of hydrogen-bond donors (Lipinski definition) is 3.